The number of Topliss-reactive ketones (excluding diaryl/α,β-unsaturated/α-hetero) is 1. The molecular weight excluding hydrogens is 340 g/mol. The van der Waals surface area contributed by atoms with Crippen molar-refractivity contribution < 1.29 is 33.6 Å². The van der Waals surface area contributed by atoms with Crippen molar-refractivity contribution >= 4 is 11.5 Å². The van der Waals surface area contributed by atoms with Gasteiger partial charge in [-0.25, -0.2) is 0 Å². The van der Waals surface area contributed by atoms with Gasteiger partial charge in [-0.1, -0.05) is 0 Å². The summed E-state index contributed by atoms with van der Waals surface area (Å²) in [5, 5.41) is 10.7. The highest BCUT2D eigenvalue weighted by molar-refractivity contribution is 6.17. The molecule has 0 spiro atoms. The van der Waals surface area contributed by atoms with Gasteiger partial charge in [0.05, 0.1) is 34.0 Å². The lowest BCUT2D eigenvalue weighted by Crippen LogP contribution is -2.05. The van der Waals surface area contributed by atoms with Gasteiger partial charge in [0.25, 0.3) is 0 Å². The standard InChI is InChI=1S/C19H18O7/c1-22-10-5-6-12(13(7-10)24-3)17(20)19-18(21)16-14(25-4)8-11(23-2)9-15(16)26-19/h5-9,20H,1-4H3/b19-17+. The maximum Gasteiger partial charge on any atom is 0.239 e. The van der Waals surface area contributed by atoms with E-state index in [1.165, 1.54) is 28.4 Å². The van der Waals surface area contributed by atoms with Gasteiger partial charge in [0.15, 0.2) is 5.76 Å². The SMILES string of the molecule is COc1ccc(/C(O)=C2\Oc3cc(OC)cc(OC)c3C2=O)c(OC)c1. The summed E-state index contributed by atoms with van der Waals surface area (Å²) in [5.41, 5.74) is 0.526. The Morgan fingerprint density at radius 3 is 2.15 bits per heavy atom. The molecule has 0 aromatic heterocycles. The summed E-state index contributed by atoms with van der Waals surface area (Å²) >= 11 is 0. The Labute approximate surface area is 150 Å². The number of aliphatic hydroxyl groups is 1. The lowest BCUT2D eigenvalue weighted by molar-refractivity contribution is 0.101. The third-order valence-corrected chi connectivity index (χ3v) is 4.02. The van der Waals surface area contributed by atoms with Gasteiger partial charge in [-0.2, -0.15) is 0 Å². The summed E-state index contributed by atoms with van der Waals surface area (Å²) in [6, 6.07) is 7.96. The molecule has 0 fully saturated rings. The first-order valence-electron chi connectivity index (χ1n) is 7.68. The van der Waals surface area contributed by atoms with Crippen molar-refractivity contribution in [3.63, 3.8) is 0 Å². The first kappa shape index (κ1) is 17.5. The van der Waals surface area contributed by atoms with E-state index in [0.29, 0.717) is 28.6 Å². The van der Waals surface area contributed by atoms with Crippen molar-refractivity contribution in [3.05, 3.63) is 47.2 Å². The molecule has 0 unspecified atom stereocenters. The zero-order valence-corrected chi connectivity index (χ0v) is 14.8. The molecule has 7 heteroatoms. The number of ether oxygens (including phenoxy) is 5. The molecular formula is C19H18O7. The molecule has 26 heavy (non-hydrogen) atoms. The Kier molecular flexibility index (Phi) is 4.62. The number of carbonyl (C=O) groups excluding carboxylic acids is 1. The van der Waals surface area contributed by atoms with E-state index >= 15 is 0 Å². The molecule has 0 amide bonds. The fraction of sp³-hybridized carbons (Fsp3) is 0.211. The van der Waals surface area contributed by atoms with Crippen molar-refractivity contribution in [2.24, 2.45) is 0 Å². The molecule has 0 radical (unpaired) electrons. The number of ketones is 1. The van der Waals surface area contributed by atoms with E-state index in [1.807, 2.05) is 0 Å². The molecule has 136 valence electrons. The maximum atomic E-state index is 12.8. The Morgan fingerprint density at radius 1 is 0.885 bits per heavy atom. The molecule has 1 aliphatic rings. The van der Waals surface area contributed by atoms with Crippen LogP contribution in [0.3, 0.4) is 0 Å². The number of benzene rings is 2. The summed E-state index contributed by atoms with van der Waals surface area (Å²) < 4.78 is 26.5. The minimum atomic E-state index is -0.491. The smallest absolute Gasteiger partial charge is 0.239 e. The molecule has 1 heterocycles. The number of methoxy groups -OCH3 is 4. The number of allylic oxidation sites excluding steroid dienone is 1. The van der Waals surface area contributed by atoms with Crippen LogP contribution >= 0.6 is 0 Å². The maximum absolute atomic E-state index is 12.8. The van der Waals surface area contributed by atoms with Crippen molar-refractivity contribution in [1.82, 2.24) is 0 Å². The summed E-state index contributed by atoms with van der Waals surface area (Å²) in [6.45, 7) is 0. The van der Waals surface area contributed by atoms with Crippen LogP contribution in [0.5, 0.6) is 28.7 Å². The van der Waals surface area contributed by atoms with E-state index in [1.54, 1.807) is 30.3 Å². The monoisotopic (exact) mass is 358 g/mol. The third-order valence-electron chi connectivity index (χ3n) is 4.02. The Balaban J connectivity index is 2.11. The van der Waals surface area contributed by atoms with Crippen LogP contribution in [0.4, 0.5) is 0 Å². The van der Waals surface area contributed by atoms with Crippen molar-refractivity contribution in [1.29, 1.82) is 0 Å². The average molecular weight is 358 g/mol. The number of fused-ring (bicyclic) bond motifs is 1. The Bertz CT molecular complexity index is 899. The van der Waals surface area contributed by atoms with Crippen molar-refractivity contribution in [2.45, 2.75) is 0 Å². The van der Waals surface area contributed by atoms with Crippen LogP contribution in [0.15, 0.2) is 36.1 Å². The van der Waals surface area contributed by atoms with E-state index in [2.05, 4.69) is 0 Å². The molecule has 0 saturated carbocycles. The Morgan fingerprint density at radius 2 is 1.54 bits per heavy atom. The molecule has 0 atom stereocenters. The van der Waals surface area contributed by atoms with Gasteiger partial charge in [0.1, 0.15) is 34.3 Å². The van der Waals surface area contributed by atoms with E-state index in [0.717, 1.165) is 0 Å². The second kappa shape index (κ2) is 6.87. The van der Waals surface area contributed by atoms with Crippen molar-refractivity contribution in [2.75, 3.05) is 28.4 Å². The number of rotatable bonds is 5. The summed E-state index contributed by atoms with van der Waals surface area (Å²) in [7, 11) is 5.91. The molecule has 0 aliphatic carbocycles. The summed E-state index contributed by atoms with van der Waals surface area (Å²) in [4.78, 5) is 12.8. The number of hydrogen-bond acceptors (Lipinski definition) is 7. The predicted octanol–water partition coefficient (Wildman–Crippen LogP) is 3.22. The topological polar surface area (TPSA) is 83.5 Å². The first-order valence-corrected chi connectivity index (χ1v) is 7.68. The molecule has 1 N–H and O–H groups in total. The molecule has 0 bridgehead atoms. The van der Waals surface area contributed by atoms with Crippen LogP contribution in [0.25, 0.3) is 5.76 Å². The molecule has 0 saturated heterocycles. The fourth-order valence-electron chi connectivity index (χ4n) is 2.69. The highest BCUT2D eigenvalue weighted by Gasteiger charge is 2.35. The van der Waals surface area contributed by atoms with Crippen LogP contribution in [0, 0.1) is 0 Å². The second-order valence-electron chi connectivity index (χ2n) is 5.38. The van der Waals surface area contributed by atoms with Gasteiger partial charge in [0, 0.05) is 18.2 Å². The van der Waals surface area contributed by atoms with Crippen LogP contribution < -0.4 is 23.7 Å². The molecule has 7 nitrogen and oxygen atoms in total. The predicted molar refractivity (Wildman–Crippen MR) is 93.6 cm³/mol. The second-order valence-corrected chi connectivity index (χ2v) is 5.38. The zero-order chi connectivity index (χ0) is 18.8. The van der Waals surface area contributed by atoms with E-state index in [-0.39, 0.29) is 22.8 Å². The molecule has 1 aliphatic heterocycles. The van der Waals surface area contributed by atoms with E-state index in [9.17, 15) is 9.90 Å². The van der Waals surface area contributed by atoms with E-state index in [4.69, 9.17) is 23.7 Å². The van der Waals surface area contributed by atoms with Crippen LogP contribution in [0.2, 0.25) is 0 Å². The van der Waals surface area contributed by atoms with Crippen LogP contribution in [-0.4, -0.2) is 39.3 Å². The minimum Gasteiger partial charge on any atom is -0.504 e. The zero-order valence-electron chi connectivity index (χ0n) is 14.8. The van der Waals surface area contributed by atoms with Crippen LogP contribution in [-0.2, 0) is 0 Å². The normalized spacial score (nSPS) is 14.4. The van der Waals surface area contributed by atoms with Gasteiger partial charge in [-0.15, -0.1) is 0 Å². The van der Waals surface area contributed by atoms with Gasteiger partial charge in [-0.05, 0) is 12.1 Å². The fourth-order valence-corrected chi connectivity index (χ4v) is 2.69. The number of hydrogen-bond donors (Lipinski definition) is 1. The van der Waals surface area contributed by atoms with Crippen molar-refractivity contribution in [3.8, 4) is 28.7 Å². The van der Waals surface area contributed by atoms with Gasteiger partial charge >= 0.3 is 0 Å². The first-order chi connectivity index (χ1) is 12.5. The minimum absolute atomic E-state index is 0.213. The molecule has 3 rings (SSSR count). The third kappa shape index (κ3) is 2.77. The highest BCUT2D eigenvalue weighted by atomic mass is 16.5. The highest BCUT2D eigenvalue weighted by Crippen LogP contribution is 2.43. The number of carbonyl (C=O) groups is 1. The number of aliphatic hydroxyl groups excluding tert-OH is 1. The average Bonchev–Trinajstić information content (AvgIpc) is 3.02. The summed E-state index contributed by atoms with van der Waals surface area (Å²) in [6.07, 6.45) is 0. The van der Waals surface area contributed by atoms with Gasteiger partial charge in [-0.3, -0.25) is 4.79 Å². The Hall–Kier alpha value is -3.35. The van der Waals surface area contributed by atoms with Gasteiger partial charge in [0.2, 0.25) is 11.5 Å². The van der Waals surface area contributed by atoms with Crippen LogP contribution in [0.1, 0.15) is 15.9 Å². The largest absolute Gasteiger partial charge is 0.504 e. The van der Waals surface area contributed by atoms with Gasteiger partial charge < -0.3 is 28.8 Å². The van der Waals surface area contributed by atoms with E-state index < -0.39 is 5.78 Å². The lowest BCUT2D eigenvalue weighted by Gasteiger charge is -2.11. The lowest BCUT2D eigenvalue weighted by atomic mass is 10.1. The molecule has 2 aromatic carbocycles. The summed E-state index contributed by atoms with van der Waals surface area (Å²) in [5.74, 6) is 0.866. The quantitative estimate of drug-likeness (QED) is 0.649. The molecule has 2 aromatic rings.